The van der Waals surface area contributed by atoms with E-state index in [9.17, 15) is 4.79 Å². The first-order valence-corrected chi connectivity index (χ1v) is 4.55. The van der Waals surface area contributed by atoms with Gasteiger partial charge in [0.2, 0.25) is 0 Å². The Morgan fingerprint density at radius 1 is 1.55 bits per heavy atom. The van der Waals surface area contributed by atoms with E-state index in [2.05, 4.69) is 19.9 Å². The Morgan fingerprint density at radius 3 is 2.73 bits per heavy atom. The van der Waals surface area contributed by atoms with Crippen LogP contribution in [0, 0.1) is 13.8 Å². The van der Waals surface area contributed by atoms with Crippen LogP contribution in [0.25, 0.3) is 0 Å². The number of carbonyl (C=O) groups is 1. The highest BCUT2D eigenvalue weighted by atomic mass is 32.1. The van der Waals surface area contributed by atoms with Gasteiger partial charge >= 0.3 is 0 Å². The summed E-state index contributed by atoms with van der Waals surface area (Å²) in [6.45, 7) is 4.20. The lowest BCUT2D eigenvalue weighted by molar-refractivity contribution is -0.107. The van der Waals surface area contributed by atoms with Gasteiger partial charge in [-0.15, -0.1) is 11.3 Å². The SMILES string of the molecule is Cc1cc(C)c(CCC=O)s1. The van der Waals surface area contributed by atoms with Gasteiger partial charge in [-0.3, -0.25) is 0 Å². The molecule has 1 aromatic rings. The summed E-state index contributed by atoms with van der Waals surface area (Å²) in [6.07, 6.45) is 2.54. The Balaban J connectivity index is 2.69. The summed E-state index contributed by atoms with van der Waals surface area (Å²) < 4.78 is 0. The number of carbonyl (C=O) groups excluding carboxylic acids is 1. The molecule has 60 valence electrons. The van der Waals surface area contributed by atoms with Gasteiger partial charge in [0.1, 0.15) is 6.29 Å². The predicted octanol–water partition coefficient (Wildman–Crippen LogP) is 2.50. The van der Waals surface area contributed by atoms with Gasteiger partial charge in [-0.2, -0.15) is 0 Å². The Labute approximate surface area is 71.1 Å². The molecule has 0 atom stereocenters. The van der Waals surface area contributed by atoms with Gasteiger partial charge in [0.25, 0.3) is 0 Å². The summed E-state index contributed by atoms with van der Waals surface area (Å²) >= 11 is 1.80. The Bertz CT molecular complexity index is 250. The molecule has 1 aromatic heterocycles. The van der Waals surface area contributed by atoms with Crippen LogP contribution >= 0.6 is 11.3 Å². The summed E-state index contributed by atoms with van der Waals surface area (Å²) in [7, 11) is 0. The van der Waals surface area contributed by atoms with Crippen LogP contribution in [0.3, 0.4) is 0 Å². The number of rotatable bonds is 3. The summed E-state index contributed by atoms with van der Waals surface area (Å²) in [5.74, 6) is 0. The van der Waals surface area contributed by atoms with E-state index >= 15 is 0 Å². The number of thiophene rings is 1. The lowest BCUT2D eigenvalue weighted by atomic mass is 10.2. The van der Waals surface area contributed by atoms with Crippen molar-refractivity contribution in [3.8, 4) is 0 Å². The van der Waals surface area contributed by atoms with Crippen molar-refractivity contribution in [1.82, 2.24) is 0 Å². The molecular formula is C9H12OS. The second-order valence-electron chi connectivity index (χ2n) is 2.67. The Morgan fingerprint density at radius 2 is 2.27 bits per heavy atom. The molecule has 0 aromatic carbocycles. The van der Waals surface area contributed by atoms with E-state index in [0.717, 1.165) is 12.7 Å². The maximum Gasteiger partial charge on any atom is 0.120 e. The third-order valence-corrected chi connectivity index (χ3v) is 2.85. The highest BCUT2D eigenvalue weighted by molar-refractivity contribution is 7.12. The molecule has 0 spiro atoms. The third-order valence-electron chi connectivity index (χ3n) is 1.63. The van der Waals surface area contributed by atoms with Crippen LogP contribution in [0.5, 0.6) is 0 Å². The summed E-state index contributed by atoms with van der Waals surface area (Å²) in [6, 6.07) is 2.17. The smallest absolute Gasteiger partial charge is 0.120 e. The van der Waals surface area contributed by atoms with E-state index in [0.29, 0.717) is 6.42 Å². The van der Waals surface area contributed by atoms with Gasteiger partial charge < -0.3 is 4.79 Å². The normalized spacial score (nSPS) is 10.0. The Hall–Kier alpha value is -0.630. The average molecular weight is 168 g/mol. The topological polar surface area (TPSA) is 17.1 Å². The number of aryl methyl sites for hydroxylation is 3. The van der Waals surface area contributed by atoms with Gasteiger partial charge in [0, 0.05) is 16.2 Å². The van der Waals surface area contributed by atoms with Gasteiger partial charge in [-0.05, 0) is 31.9 Å². The molecule has 1 heterocycles. The van der Waals surface area contributed by atoms with Crippen molar-refractivity contribution in [3.05, 3.63) is 21.4 Å². The zero-order valence-corrected chi connectivity index (χ0v) is 7.70. The fourth-order valence-electron chi connectivity index (χ4n) is 1.13. The molecule has 0 saturated carbocycles. The largest absolute Gasteiger partial charge is 0.303 e. The number of hydrogen-bond donors (Lipinski definition) is 0. The first kappa shape index (κ1) is 8.47. The second-order valence-corrected chi connectivity index (χ2v) is 4.01. The minimum atomic E-state index is 0.654. The lowest BCUT2D eigenvalue weighted by Crippen LogP contribution is -1.83. The van der Waals surface area contributed by atoms with Crippen molar-refractivity contribution >= 4 is 17.6 Å². The highest BCUT2D eigenvalue weighted by Gasteiger charge is 2.01. The van der Waals surface area contributed by atoms with Gasteiger partial charge in [0.15, 0.2) is 0 Å². The molecule has 0 saturated heterocycles. The lowest BCUT2D eigenvalue weighted by Gasteiger charge is -1.92. The van der Waals surface area contributed by atoms with E-state index in [1.807, 2.05) is 0 Å². The molecule has 0 aliphatic carbocycles. The first-order chi connectivity index (χ1) is 5.24. The van der Waals surface area contributed by atoms with Gasteiger partial charge in [0.05, 0.1) is 0 Å². The van der Waals surface area contributed by atoms with Gasteiger partial charge in [-0.1, -0.05) is 0 Å². The van der Waals surface area contributed by atoms with E-state index in [1.165, 1.54) is 15.3 Å². The molecule has 0 bridgehead atoms. The number of hydrogen-bond acceptors (Lipinski definition) is 2. The molecule has 0 unspecified atom stereocenters. The molecule has 2 heteroatoms. The van der Waals surface area contributed by atoms with E-state index in [4.69, 9.17) is 0 Å². The third kappa shape index (κ3) is 2.15. The average Bonchev–Trinajstić information content (AvgIpc) is 2.26. The van der Waals surface area contributed by atoms with Crippen LogP contribution in [0.15, 0.2) is 6.07 Å². The minimum Gasteiger partial charge on any atom is -0.303 e. The van der Waals surface area contributed by atoms with Crippen LogP contribution in [-0.4, -0.2) is 6.29 Å². The quantitative estimate of drug-likeness (QED) is 0.634. The highest BCUT2D eigenvalue weighted by Crippen LogP contribution is 2.21. The predicted molar refractivity (Wildman–Crippen MR) is 48.2 cm³/mol. The van der Waals surface area contributed by atoms with Crippen molar-refractivity contribution in [2.24, 2.45) is 0 Å². The molecule has 0 amide bonds. The van der Waals surface area contributed by atoms with E-state index < -0.39 is 0 Å². The summed E-state index contributed by atoms with van der Waals surface area (Å²) in [5.41, 5.74) is 1.33. The van der Waals surface area contributed by atoms with Crippen LogP contribution < -0.4 is 0 Å². The first-order valence-electron chi connectivity index (χ1n) is 3.73. The minimum absolute atomic E-state index is 0.654. The molecule has 0 N–H and O–H groups in total. The van der Waals surface area contributed by atoms with Crippen LogP contribution in [0.4, 0.5) is 0 Å². The fourth-order valence-corrected chi connectivity index (χ4v) is 2.19. The molecule has 0 aliphatic heterocycles. The second kappa shape index (κ2) is 3.67. The maximum absolute atomic E-state index is 10.1. The molecule has 0 aliphatic rings. The summed E-state index contributed by atoms with van der Waals surface area (Å²) in [4.78, 5) is 12.8. The molecule has 0 fully saturated rings. The zero-order chi connectivity index (χ0) is 8.27. The van der Waals surface area contributed by atoms with Crippen molar-refractivity contribution < 1.29 is 4.79 Å². The fraction of sp³-hybridized carbons (Fsp3) is 0.444. The molecule has 11 heavy (non-hydrogen) atoms. The van der Waals surface area contributed by atoms with Crippen molar-refractivity contribution in [2.45, 2.75) is 26.7 Å². The van der Waals surface area contributed by atoms with Gasteiger partial charge in [-0.25, -0.2) is 0 Å². The van der Waals surface area contributed by atoms with Crippen molar-refractivity contribution in [2.75, 3.05) is 0 Å². The van der Waals surface area contributed by atoms with Crippen LogP contribution in [0.1, 0.15) is 21.7 Å². The molecule has 1 rings (SSSR count). The Kier molecular flexibility index (Phi) is 2.83. The van der Waals surface area contributed by atoms with Crippen LogP contribution in [0.2, 0.25) is 0 Å². The maximum atomic E-state index is 10.1. The van der Waals surface area contributed by atoms with E-state index in [-0.39, 0.29) is 0 Å². The molecule has 0 radical (unpaired) electrons. The summed E-state index contributed by atoms with van der Waals surface area (Å²) in [5, 5.41) is 0. The van der Waals surface area contributed by atoms with Crippen LogP contribution in [-0.2, 0) is 11.2 Å². The van der Waals surface area contributed by atoms with E-state index in [1.54, 1.807) is 11.3 Å². The number of aldehydes is 1. The molecule has 1 nitrogen and oxygen atoms in total. The van der Waals surface area contributed by atoms with Crippen molar-refractivity contribution in [3.63, 3.8) is 0 Å². The zero-order valence-electron chi connectivity index (χ0n) is 6.89. The molecular weight excluding hydrogens is 156 g/mol. The monoisotopic (exact) mass is 168 g/mol. The van der Waals surface area contributed by atoms with Crippen molar-refractivity contribution in [1.29, 1.82) is 0 Å². The standard InChI is InChI=1S/C9H12OS/c1-7-6-8(2)11-9(7)4-3-5-10/h5-6H,3-4H2,1-2H3.